The average Bonchev–Trinajstić information content (AvgIpc) is 2.63. The fraction of sp³-hybridized carbons (Fsp3) is 0.286. The summed E-state index contributed by atoms with van der Waals surface area (Å²) in [6.45, 7) is 5.23. The summed E-state index contributed by atoms with van der Waals surface area (Å²) in [6, 6.07) is 10.6. The number of halogens is 3. The zero-order chi connectivity index (χ0) is 20.5. The third-order valence-corrected chi connectivity index (χ3v) is 4.44. The number of hydrogen-bond acceptors (Lipinski definition) is 3. The molecule has 150 valence electrons. The van der Waals surface area contributed by atoms with Crippen LogP contribution in [-0.4, -0.2) is 25.7 Å². The van der Waals surface area contributed by atoms with Gasteiger partial charge in [0.2, 0.25) is 0 Å². The molecule has 0 aromatic heterocycles. The summed E-state index contributed by atoms with van der Waals surface area (Å²) >= 11 is 17.0. The van der Waals surface area contributed by atoms with Gasteiger partial charge in [-0.1, -0.05) is 34.8 Å². The van der Waals surface area contributed by atoms with Crippen molar-refractivity contribution in [1.29, 1.82) is 0 Å². The van der Waals surface area contributed by atoms with Gasteiger partial charge in [-0.3, -0.25) is 4.79 Å². The molecule has 1 amide bonds. The molecule has 0 atom stereocenters. The highest BCUT2D eigenvalue weighted by atomic mass is 35.5. The van der Waals surface area contributed by atoms with E-state index in [9.17, 15) is 4.79 Å². The Balaban J connectivity index is 1.78. The Hall–Kier alpha value is -1.88. The predicted molar refractivity (Wildman–Crippen MR) is 115 cm³/mol. The monoisotopic (exact) mass is 441 g/mol. The number of hydrogen-bond donors (Lipinski definition) is 1. The van der Waals surface area contributed by atoms with Crippen LogP contribution < -0.4 is 14.8 Å². The van der Waals surface area contributed by atoms with Gasteiger partial charge in [-0.25, -0.2) is 0 Å². The van der Waals surface area contributed by atoms with E-state index in [2.05, 4.69) is 5.32 Å². The van der Waals surface area contributed by atoms with E-state index in [1.54, 1.807) is 30.3 Å². The van der Waals surface area contributed by atoms with Crippen molar-refractivity contribution in [3.05, 3.63) is 68.7 Å². The Morgan fingerprint density at radius 1 is 1.07 bits per heavy atom. The number of benzene rings is 2. The average molecular weight is 443 g/mol. The molecular formula is C21H22Cl3NO3. The Bertz CT molecular complexity index is 808. The number of aryl methyl sites for hydroxylation is 2. The van der Waals surface area contributed by atoms with Gasteiger partial charge in [-0.2, -0.15) is 0 Å². The summed E-state index contributed by atoms with van der Waals surface area (Å²) in [5.41, 5.74) is 2.53. The van der Waals surface area contributed by atoms with Crippen LogP contribution in [0.2, 0.25) is 5.02 Å². The van der Waals surface area contributed by atoms with Crippen molar-refractivity contribution < 1.29 is 14.3 Å². The van der Waals surface area contributed by atoms with Gasteiger partial charge >= 0.3 is 0 Å². The van der Waals surface area contributed by atoms with Gasteiger partial charge in [0.05, 0.1) is 6.61 Å². The molecule has 2 aromatic rings. The molecule has 2 rings (SSSR count). The first-order valence-corrected chi connectivity index (χ1v) is 9.92. The fourth-order valence-electron chi connectivity index (χ4n) is 2.57. The molecule has 0 radical (unpaired) electrons. The van der Waals surface area contributed by atoms with E-state index in [0.29, 0.717) is 36.8 Å². The molecular weight excluding hydrogens is 421 g/mol. The van der Waals surface area contributed by atoms with Gasteiger partial charge in [0.25, 0.3) is 5.91 Å². The molecule has 28 heavy (non-hydrogen) atoms. The lowest BCUT2D eigenvalue weighted by atomic mass is 10.1. The Morgan fingerprint density at radius 2 is 1.71 bits per heavy atom. The molecule has 1 N–H and O–H groups in total. The van der Waals surface area contributed by atoms with Crippen molar-refractivity contribution in [2.75, 3.05) is 19.8 Å². The van der Waals surface area contributed by atoms with Crippen LogP contribution in [0.5, 0.6) is 11.5 Å². The highest BCUT2D eigenvalue weighted by molar-refractivity contribution is 6.55. The van der Waals surface area contributed by atoms with Crippen LogP contribution in [0.3, 0.4) is 0 Å². The van der Waals surface area contributed by atoms with Crippen LogP contribution in [0.4, 0.5) is 0 Å². The van der Waals surface area contributed by atoms with Gasteiger partial charge in [-0.05, 0) is 73.9 Å². The molecule has 0 bridgehead atoms. The van der Waals surface area contributed by atoms with Gasteiger partial charge in [-0.15, -0.1) is 0 Å². The van der Waals surface area contributed by atoms with E-state index in [4.69, 9.17) is 44.3 Å². The summed E-state index contributed by atoms with van der Waals surface area (Å²) in [5, 5.41) is 3.47. The Morgan fingerprint density at radius 3 is 2.32 bits per heavy atom. The van der Waals surface area contributed by atoms with Crippen molar-refractivity contribution in [3.8, 4) is 11.5 Å². The van der Waals surface area contributed by atoms with E-state index in [1.165, 1.54) is 0 Å². The molecule has 0 saturated heterocycles. The maximum atomic E-state index is 12.0. The number of ether oxygens (including phenoxy) is 2. The molecule has 0 unspecified atom stereocenters. The molecule has 4 nitrogen and oxygen atoms in total. The maximum absolute atomic E-state index is 12.0. The van der Waals surface area contributed by atoms with Crippen LogP contribution in [0.15, 0.2) is 47.0 Å². The van der Waals surface area contributed by atoms with E-state index < -0.39 is 0 Å². The lowest BCUT2D eigenvalue weighted by molar-refractivity contribution is 0.0951. The molecule has 0 aliphatic rings. The lowest BCUT2D eigenvalue weighted by Gasteiger charge is -2.14. The Kier molecular flexibility index (Phi) is 8.97. The topological polar surface area (TPSA) is 47.6 Å². The molecule has 7 heteroatoms. The molecule has 0 aliphatic carbocycles. The zero-order valence-corrected chi connectivity index (χ0v) is 18.0. The van der Waals surface area contributed by atoms with E-state index in [1.807, 2.05) is 26.0 Å². The van der Waals surface area contributed by atoms with E-state index in [0.717, 1.165) is 22.6 Å². The second-order valence-electron chi connectivity index (χ2n) is 6.16. The Labute approximate surface area is 180 Å². The lowest BCUT2D eigenvalue weighted by Crippen LogP contribution is -2.25. The minimum atomic E-state index is -0.128. The quantitative estimate of drug-likeness (QED) is 0.495. The summed E-state index contributed by atoms with van der Waals surface area (Å²) in [6.07, 6.45) is 2.27. The van der Waals surface area contributed by atoms with Crippen molar-refractivity contribution in [1.82, 2.24) is 5.32 Å². The van der Waals surface area contributed by atoms with E-state index in [-0.39, 0.29) is 10.4 Å². The standard InChI is InChI=1S/C21H22Cl3NO3/c1-14-12-18(27-11-8-19(23)24)13-15(2)20(14)28-10-3-9-25-21(26)16-4-6-17(22)7-5-16/h4-8,12-13H,3,9-11H2,1-2H3,(H,25,26). The number of nitrogens with one attached hydrogen (secondary N) is 1. The van der Waals surface area contributed by atoms with Crippen molar-refractivity contribution in [2.45, 2.75) is 20.3 Å². The molecule has 0 aliphatic heterocycles. The van der Waals surface area contributed by atoms with Gasteiger partial charge < -0.3 is 14.8 Å². The van der Waals surface area contributed by atoms with Crippen LogP contribution in [0.1, 0.15) is 27.9 Å². The second kappa shape index (κ2) is 11.2. The van der Waals surface area contributed by atoms with Crippen LogP contribution >= 0.6 is 34.8 Å². The van der Waals surface area contributed by atoms with E-state index >= 15 is 0 Å². The summed E-state index contributed by atoms with van der Waals surface area (Å²) in [7, 11) is 0. The van der Waals surface area contributed by atoms with Gasteiger partial charge in [0.15, 0.2) is 0 Å². The summed E-state index contributed by atoms with van der Waals surface area (Å²) in [4.78, 5) is 12.0. The smallest absolute Gasteiger partial charge is 0.251 e. The minimum Gasteiger partial charge on any atom is -0.493 e. The SMILES string of the molecule is Cc1cc(OCC=C(Cl)Cl)cc(C)c1OCCCNC(=O)c1ccc(Cl)cc1. The molecule has 2 aromatic carbocycles. The molecule has 0 heterocycles. The van der Waals surface area contributed by atoms with Crippen molar-refractivity contribution >= 4 is 40.7 Å². The first-order valence-electron chi connectivity index (χ1n) is 8.78. The molecule has 0 spiro atoms. The molecule has 0 saturated carbocycles. The van der Waals surface area contributed by atoms with Crippen molar-refractivity contribution in [2.24, 2.45) is 0 Å². The number of carbonyl (C=O) groups excluding carboxylic acids is 1. The first-order chi connectivity index (χ1) is 13.4. The number of carbonyl (C=O) groups is 1. The van der Waals surface area contributed by atoms with Crippen LogP contribution in [-0.2, 0) is 0 Å². The predicted octanol–water partition coefficient (Wildman–Crippen LogP) is 5.85. The first kappa shape index (κ1) is 22.4. The third kappa shape index (κ3) is 7.27. The van der Waals surface area contributed by atoms with Crippen molar-refractivity contribution in [3.63, 3.8) is 0 Å². The fourth-order valence-corrected chi connectivity index (χ4v) is 2.83. The largest absolute Gasteiger partial charge is 0.493 e. The third-order valence-electron chi connectivity index (χ3n) is 3.88. The number of amides is 1. The highest BCUT2D eigenvalue weighted by Crippen LogP contribution is 2.28. The van der Waals surface area contributed by atoms with Crippen LogP contribution in [0, 0.1) is 13.8 Å². The minimum absolute atomic E-state index is 0.128. The molecule has 0 fully saturated rings. The maximum Gasteiger partial charge on any atom is 0.251 e. The summed E-state index contributed by atoms with van der Waals surface area (Å²) in [5.74, 6) is 1.42. The highest BCUT2D eigenvalue weighted by Gasteiger charge is 2.08. The second-order valence-corrected chi connectivity index (χ2v) is 7.60. The van der Waals surface area contributed by atoms with Gasteiger partial charge in [0, 0.05) is 17.1 Å². The van der Waals surface area contributed by atoms with Crippen LogP contribution in [0.25, 0.3) is 0 Å². The normalized spacial score (nSPS) is 10.3. The van der Waals surface area contributed by atoms with Gasteiger partial charge in [0.1, 0.15) is 22.6 Å². The zero-order valence-electron chi connectivity index (χ0n) is 15.7. The number of rotatable bonds is 9. The summed E-state index contributed by atoms with van der Waals surface area (Å²) < 4.78 is 11.7.